The summed E-state index contributed by atoms with van der Waals surface area (Å²) in [4.78, 5) is 32.5. The molecule has 8 nitrogen and oxygen atoms in total. The molecule has 0 unspecified atom stereocenters. The van der Waals surface area contributed by atoms with E-state index in [4.69, 9.17) is 15.2 Å². The molecule has 4 N–H and O–H groups in total. The largest absolute Gasteiger partial charge is 0.481 e. The Morgan fingerprint density at radius 2 is 1.70 bits per heavy atom. The predicted octanol–water partition coefficient (Wildman–Crippen LogP) is 5.90. The maximum atomic E-state index is 11.3. The number of carbonyl (C=O) groups is 1. The van der Waals surface area contributed by atoms with E-state index in [2.05, 4.69) is 68.2 Å². The van der Waals surface area contributed by atoms with Crippen molar-refractivity contribution in [1.29, 1.82) is 0 Å². The lowest BCUT2D eigenvalue weighted by atomic mass is 10.0. The highest BCUT2D eigenvalue weighted by Gasteiger charge is 2.20. The number of aromatic amines is 2. The summed E-state index contributed by atoms with van der Waals surface area (Å²) >= 11 is 0. The van der Waals surface area contributed by atoms with Gasteiger partial charge in [-0.3, -0.25) is 15.0 Å². The van der Waals surface area contributed by atoms with Gasteiger partial charge in [0, 0.05) is 28.5 Å². The number of hydrogen-bond acceptors (Lipinski definition) is 5. The van der Waals surface area contributed by atoms with Gasteiger partial charge >= 0.3 is 5.97 Å². The molecule has 2 aliphatic rings. The average Bonchev–Trinajstić information content (AvgIpc) is 3.67. The molecule has 0 fully saturated rings. The molecule has 2 aromatic heterocycles. The van der Waals surface area contributed by atoms with E-state index < -0.39 is 5.97 Å². The Hall–Kier alpha value is -4.01. The Morgan fingerprint density at radius 3 is 2.33 bits per heavy atom. The number of carboxylic acid groups (broad SMARTS) is 1. The highest BCUT2D eigenvalue weighted by atomic mass is 17.1. The highest BCUT2D eigenvalue weighted by Crippen LogP contribution is 2.31. The van der Waals surface area contributed by atoms with Gasteiger partial charge in [0.15, 0.2) is 0 Å². The van der Waals surface area contributed by atoms with Gasteiger partial charge in [0.25, 0.3) is 0 Å². The molecule has 0 atom stereocenters. The molecule has 0 saturated heterocycles. The summed E-state index contributed by atoms with van der Waals surface area (Å²) in [6, 6.07) is 0. The lowest BCUT2D eigenvalue weighted by Gasteiger charge is -2.04. The number of aliphatic imine (C=N–C) groups is 2. The predicted molar refractivity (Wildman–Crippen MR) is 175 cm³/mol. The molecule has 8 heteroatoms. The van der Waals surface area contributed by atoms with E-state index in [-0.39, 0.29) is 13.0 Å². The van der Waals surface area contributed by atoms with Gasteiger partial charge < -0.3 is 15.1 Å². The molecule has 2 aromatic rings. The number of allylic oxidation sites excluding steroid dienone is 4. The van der Waals surface area contributed by atoms with Crippen LogP contribution in [0.5, 0.6) is 0 Å². The fourth-order valence-corrected chi connectivity index (χ4v) is 6.10. The molecule has 4 rings (SSSR count). The molecule has 43 heavy (non-hydrogen) atoms. The van der Waals surface area contributed by atoms with Crippen molar-refractivity contribution in [3.63, 3.8) is 0 Å². The Labute approximate surface area is 253 Å². The number of rotatable bonds is 13. The zero-order valence-corrected chi connectivity index (χ0v) is 26.3. The summed E-state index contributed by atoms with van der Waals surface area (Å²) in [5.74, 6) is -0.815. The molecular formula is C35H44N4O4. The van der Waals surface area contributed by atoms with Crippen LogP contribution in [0.2, 0.25) is 0 Å². The molecule has 0 aliphatic carbocycles. The van der Waals surface area contributed by atoms with Crippen LogP contribution in [-0.4, -0.2) is 50.9 Å². The van der Waals surface area contributed by atoms with Gasteiger partial charge in [0.1, 0.15) is 0 Å². The van der Waals surface area contributed by atoms with E-state index in [0.717, 1.165) is 74.3 Å². The second kappa shape index (κ2) is 14.0. The van der Waals surface area contributed by atoms with E-state index in [1.54, 1.807) is 0 Å². The van der Waals surface area contributed by atoms with E-state index in [9.17, 15) is 9.90 Å². The van der Waals surface area contributed by atoms with Crippen molar-refractivity contribution in [3.8, 4) is 0 Å². The van der Waals surface area contributed by atoms with E-state index in [1.807, 2.05) is 19.1 Å². The fourth-order valence-electron chi connectivity index (χ4n) is 6.10. The van der Waals surface area contributed by atoms with Gasteiger partial charge in [-0.25, -0.2) is 9.88 Å². The normalized spacial score (nSPS) is 17.1. The standard InChI is InChI=1S/C35H44N4O4/c1-8-24-21(5)31(37-28(24)10-3)17-33-25(9-2)22(6)29(38-33)16-30-23(7)27(12-11-15-43-42)34(39-30)18-32-26(13-14-35(40)41)20(4)19-36-32/h10,16-18,38-39,42H,3,8-9,11-15,19H2,1-2,4-7H3,(H,40,41)/b30-16-,31-17-,34-18-. The van der Waals surface area contributed by atoms with Crippen LogP contribution in [0.15, 0.2) is 50.6 Å². The third-order valence-corrected chi connectivity index (χ3v) is 8.60. The molecule has 0 saturated carbocycles. The maximum Gasteiger partial charge on any atom is 0.303 e. The van der Waals surface area contributed by atoms with Crippen LogP contribution in [0.4, 0.5) is 0 Å². The number of carboxylic acids is 1. The van der Waals surface area contributed by atoms with Crippen molar-refractivity contribution in [1.82, 2.24) is 9.97 Å². The molecule has 4 heterocycles. The van der Waals surface area contributed by atoms with Crippen molar-refractivity contribution in [3.05, 3.63) is 85.0 Å². The van der Waals surface area contributed by atoms with Gasteiger partial charge in [0.2, 0.25) is 0 Å². The summed E-state index contributed by atoms with van der Waals surface area (Å²) < 4.78 is 0. The minimum absolute atomic E-state index is 0.0721. The molecule has 0 amide bonds. The van der Waals surface area contributed by atoms with Crippen LogP contribution in [0.25, 0.3) is 18.2 Å². The number of nitrogens with one attached hydrogen (secondary N) is 2. The lowest BCUT2D eigenvalue weighted by molar-refractivity contribution is -0.242. The number of hydrogen-bond donors (Lipinski definition) is 4. The SMILES string of the molecule is C=CC1=N/C(=C\c2[nH]c(/C=c3\[nH]/c(=C\C4=NCC(C)=C4CCC(=O)O)c(CCCOO)c3C)c(C)c2CC)C(C)=C1CC. The summed E-state index contributed by atoms with van der Waals surface area (Å²) in [5.41, 5.74) is 14.1. The second-order valence-electron chi connectivity index (χ2n) is 11.2. The van der Waals surface area contributed by atoms with Gasteiger partial charge in [0.05, 0.1) is 30.3 Å². The second-order valence-corrected chi connectivity index (χ2v) is 11.2. The Balaban J connectivity index is 1.81. The average molecular weight is 585 g/mol. The van der Waals surface area contributed by atoms with Gasteiger partial charge in [-0.05, 0) is 129 Å². The molecule has 0 radical (unpaired) electrons. The minimum Gasteiger partial charge on any atom is -0.481 e. The monoisotopic (exact) mass is 584 g/mol. The quantitative estimate of drug-likeness (QED) is 0.133. The Morgan fingerprint density at radius 1 is 0.930 bits per heavy atom. The van der Waals surface area contributed by atoms with Crippen LogP contribution in [0.1, 0.15) is 87.0 Å². The first-order chi connectivity index (χ1) is 20.6. The summed E-state index contributed by atoms with van der Waals surface area (Å²) in [7, 11) is 0. The van der Waals surface area contributed by atoms with Gasteiger partial charge in [-0.1, -0.05) is 20.4 Å². The summed E-state index contributed by atoms with van der Waals surface area (Å²) in [6.45, 7) is 17.5. The van der Waals surface area contributed by atoms with E-state index in [0.29, 0.717) is 25.8 Å². The number of nitrogens with zero attached hydrogens (tertiary/aromatic N) is 2. The minimum atomic E-state index is -0.815. The smallest absolute Gasteiger partial charge is 0.303 e. The number of H-pyrrole nitrogens is 2. The number of aliphatic carboxylic acids is 1. The molecule has 0 aromatic carbocycles. The lowest BCUT2D eigenvalue weighted by Crippen LogP contribution is -2.16. The van der Waals surface area contributed by atoms with Crippen LogP contribution in [0.3, 0.4) is 0 Å². The fraction of sp³-hybridized carbons (Fsp3) is 0.400. The van der Waals surface area contributed by atoms with E-state index in [1.165, 1.54) is 22.3 Å². The molecule has 228 valence electrons. The first kappa shape index (κ1) is 31.9. The van der Waals surface area contributed by atoms with Crippen LogP contribution < -0.4 is 10.7 Å². The Kier molecular flexibility index (Phi) is 10.4. The topological polar surface area (TPSA) is 123 Å². The van der Waals surface area contributed by atoms with Crippen LogP contribution in [-0.2, 0) is 22.5 Å². The zero-order chi connectivity index (χ0) is 31.3. The zero-order valence-electron chi connectivity index (χ0n) is 26.3. The molecule has 0 spiro atoms. The third kappa shape index (κ3) is 6.81. The molecule has 2 aliphatic heterocycles. The van der Waals surface area contributed by atoms with Crippen molar-refractivity contribution in [2.75, 3.05) is 13.2 Å². The van der Waals surface area contributed by atoms with Crippen LogP contribution >= 0.6 is 0 Å². The maximum absolute atomic E-state index is 11.3. The van der Waals surface area contributed by atoms with Crippen LogP contribution in [0, 0.1) is 13.8 Å². The van der Waals surface area contributed by atoms with Gasteiger partial charge in [-0.2, -0.15) is 0 Å². The van der Waals surface area contributed by atoms with Crippen molar-refractivity contribution in [2.24, 2.45) is 9.98 Å². The Bertz CT molecular complexity index is 1710. The van der Waals surface area contributed by atoms with Crippen molar-refractivity contribution in [2.45, 2.75) is 80.1 Å². The summed E-state index contributed by atoms with van der Waals surface area (Å²) in [5, 5.41) is 20.1. The number of aromatic nitrogens is 2. The first-order valence-corrected chi connectivity index (χ1v) is 15.1. The van der Waals surface area contributed by atoms with Crippen molar-refractivity contribution < 1.29 is 20.0 Å². The first-order valence-electron chi connectivity index (χ1n) is 15.1. The molecular weight excluding hydrogens is 540 g/mol. The summed E-state index contributed by atoms with van der Waals surface area (Å²) in [6.07, 6.45) is 11.9. The van der Waals surface area contributed by atoms with Crippen molar-refractivity contribution >= 4 is 35.6 Å². The third-order valence-electron chi connectivity index (χ3n) is 8.60. The van der Waals surface area contributed by atoms with Gasteiger partial charge in [-0.15, -0.1) is 0 Å². The van der Waals surface area contributed by atoms with E-state index >= 15 is 0 Å². The highest BCUT2D eigenvalue weighted by molar-refractivity contribution is 6.22. The molecule has 0 bridgehead atoms.